The molecule has 1 aliphatic rings. The van der Waals surface area contributed by atoms with Crippen molar-refractivity contribution in [1.29, 1.82) is 0 Å². The molecule has 0 atom stereocenters. The number of hydrogen-bond acceptors (Lipinski definition) is 6. The lowest BCUT2D eigenvalue weighted by atomic mass is 10.1. The number of methoxy groups -OCH3 is 1. The quantitative estimate of drug-likeness (QED) is 0.418. The standard InChI is InChI=1S/C20H19N3O4S/c1-13(2)22-19(24)18(28-20(22)21-15-7-5-4-6-8-15)12-14-9-10-17(27-3)16(11-14)23(25)26/h4-13H,1-3H3/b18-12-,21-20?. The number of para-hydroxylation sites is 1. The number of rotatable bonds is 5. The van der Waals surface area contributed by atoms with Gasteiger partial charge < -0.3 is 4.74 Å². The van der Waals surface area contributed by atoms with Gasteiger partial charge in [0.25, 0.3) is 5.91 Å². The van der Waals surface area contributed by atoms with Crippen LogP contribution in [-0.2, 0) is 4.79 Å². The maximum Gasteiger partial charge on any atom is 0.311 e. The van der Waals surface area contributed by atoms with E-state index in [1.165, 1.54) is 31.0 Å². The molecule has 0 aromatic heterocycles. The molecule has 7 nitrogen and oxygen atoms in total. The molecule has 2 aromatic carbocycles. The van der Waals surface area contributed by atoms with Crippen LogP contribution in [-0.4, -0.2) is 34.0 Å². The van der Waals surface area contributed by atoms with Crippen LogP contribution in [0.25, 0.3) is 6.08 Å². The van der Waals surface area contributed by atoms with Crippen LogP contribution in [0.15, 0.2) is 58.4 Å². The second-order valence-electron chi connectivity index (χ2n) is 6.30. The highest BCUT2D eigenvalue weighted by Crippen LogP contribution is 2.36. The molecule has 0 unspecified atom stereocenters. The van der Waals surface area contributed by atoms with Crippen LogP contribution in [0.4, 0.5) is 11.4 Å². The van der Waals surface area contributed by atoms with Gasteiger partial charge in [-0.2, -0.15) is 0 Å². The van der Waals surface area contributed by atoms with Crippen LogP contribution in [0.5, 0.6) is 5.75 Å². The largest absolute Gasteiger partial charge is 0.490 e. The first-order valence-corrected chi connectivity index (χ1v) is 9.41. The number of nitro groups is 1. The smallest absolute Gasteiger partial charge is 0.311 e. The van der Waals surface area contributed by atoms with Crippen LogP contribution < -0.4 is 4.74 Å². The van der Waals surface area contributed by atoms with Gasteiger partial charge in [-0.3, -0.25) is 19.8 Å². The average Bonchev–Trinajstić information content (AvgIpc) is 2.97. The van der Waals surface area contributed by atoms with Gasteiger partial charge in [-0.15, -0.1) is 0 Å². The van der Waals surface area contributed by atoms with Crippen molar-refractivity contribution < 1.29 is 14.5 Å². The van der Waals surface area contributed by atoms with Gasteiger partial charge in [0.05, 0.1) is 22.6 Å². The van der Waals surface area contributed by atoms with E-state index in [1.54, 1.807) is 17.0 Å². The van der Waals surface area contributed by atoms with Crippen LogP contribution in [0.1, 0.15) is 19.4 Å². The van der Waals surface area contributed by atoms with Gasteiger partial charge in [-0.1, -0.05) is 24.3 Å². The molecule has 0 aliphatic carbocycles. The summed E-state index contributed by atoms with van der Waals surface area (Å²) in [7, 11) is 1.38. The van der Waals surface area contributed by atoms with Crippen LogP contribution in [0, 0.1) is 10.1 Å². The fourth-order valence-electron chi connectivity index (χ4n) is 2.72. The molecule has 1 heterocycles. The predicted octanol–water partition coefficient (Wildman–Crippen LogP) is 4.62. The van der Waals surface area contributed by atoms with E-state index in [0.29, 0.717) is 15.6 Å². The van der Waals surface area contributed by atoms with Crippen molar-refractivity contribution >= 4 is 40.3 Å². The zero-order chi connectivity index (χ0) is 20.3. The van der Waals surface area contributed by atoms with Crippen molar-refractivity contribution in [1.82, 2.24) is 4.90 Å². The van der Waals surface area contributed by atoms with Gasteiger partial charge in [0, 0.05) is 12.1 Å². The Morgan fingerprint density at radius 2 is 1.93 bits per heavy atom. The number of thioether (sulfide) groups is 1. The lowest BCUT2D eigenvalue weighted by Crippen LogP contribution is -2.35. The van der Waals surface area contributed by atoms with E-state index < -0.39 is 4.92 Å². The van der Waals surface area contributed by atoms with E-state index in [4.69, 9.17) is 4.74 Å². The number of amidine groups is 1. The number of hydrogen-bond donors (Lipinski definition) is 0. The Balaban J connectivity index is 1.99. The summed E-state index contributed by atoms with van der Waals surface area (Å²) in [5.74, 6) is 0.000778. The molecule has 1 aliphatic heterocycles. The Bertz CT molecular complexity index is 971. The second-order valence-corrected chi connectivity index (χ2v) is 7.31. The van der Waals surface area contributed by atoms with E-state index in [9.17, 15) is 14.9 Å². The normalized spacial score (nSPS) is 17.0. The van der Waals surface area contributed by atoms with E-state index in [0.717, 1.165) is 5.69 Å². The molecule has 28 heavy (non-hydrogen) atoms. The third kappa shape index (κ3) is 4.07. The summed E-state index contributed by atoms with van der Waals surface area (Å²) in [6.45, 7) is 3.83. The van der Waals surface area contributed by atoms with E-state index in [1.807, 2.05) is 44.2 Å². The Kier molecular flexibility index (Phi) is 5.79. The van der Waals surface area contributed by atoms with E-state index >= 15 is 0 Å². The van der Waals surface area contributed by atoms with Gasteiger partial charge in [0.2, 0.25) is 0 Å². The molecular formula is C20H19N3O4S. The summed E-state index contributed by atoms with van der Waals surface area (Å²) in [6, 6.07) is 13.9. The highest BCUT2D eigenvalue weighted by atomic mass is 32.2. The molecule has 0 radical (unpaired) electrons. The fourth-order valence-corrected chi connectivity index (χ4v) is 3.84. The molecule has 144 valence electrons. The summed E-state index contributed by atoms with van der Waals surface area (Å²) in [5.41, 5.74) is 1.16. The summed E-state index contributed by atoms with van der Waals surface area (Å²) in [4.78, 5) is 30.3. The van der Waals surface area contributed by atoms with Crippen LogP contribution >= 0.6 is 11.8 Å². The second kappa shape index (κ2) is 8.26. The minimum atomic E-state index is -0.507. The molecule has 8 heteroatoms. The van der Waals surface area contributed by atoms with Gasteiger partial charge in [0.15, 0.2) is 10.9 Å². The maximum atomic E-state index is 12.9. The summed E-state index contributed by atoms with van der Waals surface area (Å²) < 4.78 is 5.02. The first kappa shape index (κ1) is 19.6. The number of benzene rings is 2. The first-order valence-electron chi connectivity index (χ1n) is 8.60. The molecule has 0 N–H and O–H groups in total. The minimum Gasteiger partial charge on any atom is -0.490 e. The highest BCUT2D eigenvalue weighted by Gasteiger charge is 2.35. The number of carbonyl (C=O) groups excluding carboxylic acids is 1. The molecule has 1 fully saturated rings. The minimum absolute atomic E-state index is 0.0708. The number of carbonyl (C=O) groups is 1. The summed E-state index contributed by atoms with van der Waals surface area (Å²) in [6.07, 6.45) is 1.64. The Hall–Kier alpha value is -3.13. The lowest BCUT2D eigenvalue weighted by Gasteiger charge is -2.19. The van der Waals surface area contributed by atoms with E-state index in [2.05, 4.69) is 4.99 Å². The van der Waals surface area contributed by atoms with Crippen molar-refractivity contribution in [3.05, 3.63) is 69.1 Å². The Morgan fingerprint density at radius 3 is 2.54 bits per heavy atom. The fraction of sp³-hybridized carbons (Fsp3) is 0.200. The SMILES string of the molecule is COc1ccc(/C=C2\SC(=Nc3ccccc3)N(C(C)C)C2=O)cc1[N+](=O)[O-]. The number of aliphatic imine (C=N–C) groups is 1. The zero-order valence-corrected chi connectivity index (χ0v) is 16.5. The molecule has 0 spiro atoms. The topological polar surface area (TPSA) is 85.0 Å². The third-order valence-corrected chi connectivity index (χ3v) is 5.01. The van der Waals surface area contributed by atoms with Gasteiger partial charge in [-0.05, 0) is 55.4 Å². The van der Waals surface area contributed by atoms with E-state index in [-0.39, 0.29) is 23.4 Å². The molecule has 2 aromatic rings. The Morgan fingerprint density at radius 1 is 1.21 bits per heavy atom. The molecule has 0 bridgehead atoms. The molecule has 1 saturated heterocycles. The molecule has 3 rings (SSSR count). The van der Waals surface area contributed by atoms with Gasteiger partial charge >= 0.3 is 5.69 Å². The molecule has 1 amide bonds. The summed E-state index contributed by atoms with van der Waals surface area (Å²) >= 11 is 1.26. The predicted molar refractivity (Wildman–Crippen MR) is 111 cm³/mol. The third-order valence-electron chi connectivity index (χ3n) is 4.03. The average molecular weight is 397 g/mol. The van der Waals surface area contributed by atoms with Crippen molar-refractivity contribution in [3.63, 3.8) is 0 Å². The number of nitro benzene ring substituents is 1. The van der Waals surface area contributed by atoms with Crippen LogP contribution in [0.2, 0.25) is 0 Å². The van der Waals surface area contributed by atoms with Crippen molar-refractivity contribution in [3.8, 4) is 5.75 Å². The highest BCUT2D eigenvalue weighted by molar-refractivity contribution is 8.18. The number of nitrogens with zero attached hydrogens (tertiary/aromatic N) is 3. The monoisotopic (exact) mass is 397 g/mol. The van der Waals surface area contributed by atoms with Crippen LogP contribution in [0.3, 0.4) is 0 Å². The number of amides is 1. The van der Waals surface area contributed by atoms with Crippen molar-refractivity contribution in [2.24, 2.45) is 4.99 Å². The van der Waals surface area contributed by atoms with Gasteiger partial charge in [-0.25, -0.2) is 4.99 Å². The number of ether oxygens (including phenoxy) is 1. The molecule has 0 saturated carbocycles. The van der Waals surface area contributed by atoms with Crippen molar-refractivity contribution in [2.75, 3.05) is 7.11 Å². The Labute approximate surface area is 166 Å². The summed E-state index contributed by atoms with van der Waals surface area (Å²) in [5, 5.41) is 11.8. The maximum absolute atomic E-state index is 12.9. The van der Waals surface area contributed by atoms with Gasteiger partial charge in [0.1, 0.15) is 0 Å². The lowest BCUT2D eigenvalue weighted by molar-refractivity contribution is -0.385. The zero-order valence-electron chi connectivity index (χ0n) is 15.7. The van der Waals surface area contributed by atoms with Crippen molar-refractivity contribution in [2.45, 2.75) is 19.9 Å². The first-order chi connectivity index (χ1) is 13.4. The molecular weight excluding hydrogens is 378 g/mol.